The Kier molecular flexibility index (Phi) is 5.69. The summed E-state index contributed by atoms with van der Waals surface area (Å²) >= 11 is 5.68. The number of imide groups is 1. The van der Waals surface area contributed by atoms with E-state index in [2.05, 4.69) is 16.0 Å². The Balaban J connectivity index is 2.56. The fourth-order valence-corrected chi connectivity index (χ4v) is 1.67. The molecule has 1 aromatic rings. The van der Waals surface area contributed by atoms with Gasteiger partial charge in [0, 0.05) is 17.3 Å². The van der Waals surface area contributed by atoms with Gasteiger partial charge in [-0.1, -0.05) is 11.6 Å². The standard InChI is InChI=1S/C13H17ClN4O4/c1-13(2,3)17-12(20)16-11(19)7-15-8-4-5-9(14)10(6-8)18(21)22/h4-6,15H,7H2,1-3H3,(H2,16,17,19,20). The van der Waals surface area contributed by atoms with Gasteiger partial charge in [-0.2, -0.15) is 0 Å². The number of nitro benzene ring substituents is 1. The first kappa shape index (κ1) is 17.7. The number of halogens is 1. The van der Waals surface area contributed by atoms with Gasteiger partial charge in [0.05, 0.1) is 11.5 Å². The van der Waals surface area contributed by atoms with E-state index in [1.54, 1.807) is 20.8 Å². The van der Waals surface area contributed by atoms with E-state index < -0.39 is 22.4 Å². The van der Waals surface area contributed by atoms with E-state index in [0.717, 1.165) is 0 Å². The molecule has 0 saturated heterocycles. The molecule has 1 aromatic carbocycles. The van der Waals surface area contributed by atoms with Crippen molar-refractivity contribution in [3.05, 3.63) is 33.3 Å². The van der Waals surface area contributed by atoms with Crippen molar-refractivity contribution >= 4 is 34.9 Å². The molecule has 22 heavy (non-hydrogen) atoms. The molecule has 9 heteroatoms. The third-order valence-corrected chi connectivity index (χ3v) is 2.66. The first-order valence-electron chi connectivity index (χ1n) is 6.38. The number of urea groups is 1. The lowest BCUT2D eigenvalue weighted by molar-refractivity contribution is -0.384. The number of amides is 3. The summed E-state index contributed by atoms with van der Waals surface area (Å²) in [6.07, 6.45) is 0. The van der Waals surface area contributed by atoms with E-state index in [0.29, 0.717) is 5.69 Å². The highest BCUT2D eigenvalue weighted by Gasteiger charge is 2.16. The largest absolute Gasteiger partial charge is 0.376 e. The Bertz CT molecular complexity index is 598. The Hall–Kier alpha value is -2.35. The van der Waals surface area contributed by atoms with Crippen LogP contribution >= 0.6 is 11.6 Å². The summed E-state index contributed by atoms with van der Waals surface area (Å²) in [6, 6.07) is 3.45. The van der Waals surface area contributed by atoms with Gasteiger partial charge in [-0.15, -0.1) is 0 Å². The lowest BCUT2D eigenvalue weighted by Crippen LogP contribution is -2.49. The zero-order valence-electron chi connectivity index (χ0n) is 12.4. The molecule has 0 aliphatic rings. The third-order valence-electron chi connectivity index (χ3n) is 2.34. The summed E-state index contributed by atoms with van der Waals surface area (Å²) in [4.78, 5) is 33.2. The first-order valence-corrected chi connectivity index (χ1v) is 6.76. The molecule has 1 rings (SSSR count). The molecule has 0 fully saturated rings. The maximum absolute atomic E-state index is 11.6. The number of nitro groups is 1. The third kappa shape index (κ3) is 5.96. The number of benzene rings is 1. The number of nitrogens with zero attached hydrogens (tertiary/aromatic N) is 1. The predicted molar refractivity (Wildman–Crippen MR) is 83.0 cm³/mol. The maximum Gasteiger partial charge on any atom is 0.321 e. The number of hydrogen-bond donors (Lipinski definition) is 3. The molecule has 0 heterocycles. The average Bonchev–Trinajstić information content (AvgIpc) is 2.34. The molecule has 3 amide bonds. The number of carbonyl (C=O) groups is 2. The van der Waals surface area contributed by atoms with Gasteiger partial charge in [-0.3, -0.25) is 20.2 Å². The van der Waals surface area contributed by atoms with Crippen LogP contribution in [0.25, 0.3) is 0 Å². The average molecular weight is 329 g/mol. The fraction of sp³-hybridized carbons (Fsp3) is 0.385. The summed E-state index contributed by atoms with van der Waals surface area (Å²) < 4.78 is 0. The lowest BCUT2D eigenvalue weighted by Gasteiger charge is -2.20. The second-order valence-corrected chi connectivity index (χ2v) is 5.94. The molecule has 120 valence electrons. The molecule has 0 aromatic heterocycles. The van der Waals surface area contributed by atoms with Gasteiger partial charge in [0.1, 0.15) is 5.02 Å². The number of rotatable bonds is 4. The van der Waals surface area contributed by atoms with Gasteiger partial charge in [0.2, 0.25) is 5.91 Å². The van der Waals surface area contributed by atoms with Gasteiger partial charge in [-0.25, -0.2) is 4.79 Å². The Morgan fingerprint density at radius 2 is 1.95 bits per heavy atom. The molecule has 0 unspecified atom stereocenters. The van der Waals surface area contributed by atoms with Crippen molar-refractivity contribution in [2.24, 2.45) is 0 Å². The molecule has 0 radical (unpaired) electrons. The molecule has 0 aliphatic carbocycles. The smallest absolute Gasteiger partial charge is 0.321 e. The summed E-state index contributed by atoms with van der Waals surface area (Å²) in [5.41, 5.74) is -0.380. The first-order chi connectivity index (χ1) is 10.1. The van der Waals surface area contributed by atoms with E-state index in [4.69, 9.17) is 11.6 Å². The lowest BCUT2D eigenvalue weighted by atomic mass is 10.1. The van der Waals surface area contributed by atoms with E-state index in [1.165, 1.54) is 18.2 Å². The molecule has 8 nitrogen and oxygen atoms in total. The molecule has 0 spiro atoms. The van der Waals surface area contributed by atoms with Gasteiger partial charge < -0.3 is 10.6 Å². The SMILES string of the molecule is CC(C)(C)NC(=O)NC(=O)CNc1ccc(Cl)c([N+](=O)[O-])c1. The van der Waals surface area contributed by atoms with Crippen molar-refractivity contribution < 1.29 is 14.5 Å². The van der Waals surface area contributed by atoms with Crippen LogP contribution in [0.1, 0.15) is 20.8 Å². The topological polar surface area (TPSA) is 113 Å². The summed E-state index contributed by atoms with van der Waals surface area (Å²) in [5, 5.41) is 18.2. The minimum Gasteiger partial charge on any atom is -0.376 e. The van der Waals surface area contributed by atoms with Gasteiger partial charge in [-0.05, 0) is 32.9 Å². The van der Waals surface area contributed by atoms with Crippen LogP contribution in [0.5, 0.6) is 0 Å². The normalized spacial score (nSPS) is 10.7. The molecule has 0 saturated carbocycles. The zero-order chi connectivity index (χ0) is 16.9. The summed E-state index contributed by atoms with van der Waals surface area (Å²) in [6.45, 7) is 5.13. The van der Waals surface area contributed by atoms with Crippen molar-refractivity contribution in [3.63, 3.8) is 0 Å². The predicted octanol–water partition coefficient (Wildman–Crippen LogP) is 2.28. The molecule has 0 bridgehead atoms. The van der Waals surface area contributed by atoms with Crippen molar-refractivity contribution in [1.82, 2.24) is 10.6 Å². The maximum atomic E-state index is 11.6. The Morgan fingerprint density at radius 3 is 2.50 bits per heavy atom. The summed E-state index contributed by atoms with van der Waals surface area (Å²) in [5.74, 6) is -0.570. The van der Waals surface area contributed by atoms with Crippen LogP contribution in [0.2, 0.25) is 5.02 Å². The summed E-state index contributed by atoms with van der Waals surface area (Å²) in [7, 11) is 0. The Morgan fingerprint density at radius 1 is 1.32 bits per heavy atom. The van der Waals surface area contributed by atoms with Crippen molar-refractivity contribution in [2.75, 3.05) is 11.9 Å². The van der Waals surface area contributed by atoms with Crippen LogP contribution < -0.4 is 16.0 Å². The highest BCUT2D eigenvalue weighted by atomic mass is 35.5. The van der Waals surface area contributed by atoms with Gasteiger partial charge in [0.15, 0.2) is 0 Å². The van der Waals surface area contributed by atoms with Crippen molar-refractivity contribution in [2.45, 2.75) is 26.3 Å². The molecule has 0 aliphatic heterocycles. The zero-order valence-corrected chi connectivity index (χ0v) is 13.2. The molecule has 0 atom stereocenters. The van der Waals surface area contributed by atoms with Crippen LogP contribution in [0.15, 0.2) is 18.2 Å². The fourth-order valence-electron chi connectivity index (χ4n) is 1.49. The molecular weight excluding hydrogens is 312 g/mol. The van der Waals surface area contributed by atoms with E-state index in [-0.39, 0.29) is 17.3 Å². The van der Waals surface area contributed by atoms with Crippen LogP contribution in [0.4, 0.5) is 16.2 Å². The van der Waals surface area contributed by atoms with Crippen LogP contribution in [0, 0.1) is 10.1 Å². The second-order valence-electron chi connectivity index (χ2n) is 5.53. The van der Waals surface area contributed by atoms with Crippen molar-refractivity contribution in [3.8, 4) is 0 Å². The number of hydrogen-bond acceptors (Lipinski definition) is 5. The minimum absolute atomic E-state index is 0.00422. The molecular formula is C13H17ClN4O4. The van der Waals surface area contributed by atoms with E-state index in [9.17, 15) is 19.7 Å². The number of carbonyl (C=O) groups excluding carboxylic acids is 2. The van der Waals surface area contributed by atoms with Gasteiger partial charge in [0.25, 0.3) is 5.69 Å². The quantitative estimate of drug-likeness (QED) is 0.579. The Labute approximate surface area is 132 Å². The van der Waals surface area contributed by atoms with E-state index >= 15 is 0 Å². The van der Waals surface area contributed by atoms with Crippen LogP contribution in [0.3, 0.4) is 0 Å². The minimum atomic E-state index is -0.621. The van der Waals surface area contributed by atoms with Crippen LogP contribution in [-0.4, -0.2) is 28.9 Å². The highest BCUT2D eigenvalue weighted by molar-refractivity contribution is 6.32. The number of anilines is 1. The number of nitrogens with one attached hydrogen (secondary N) is 3. The second kappa shape index (κ2) is 7.08. The molecule has 3 N–H and O–H groups in total. The van der Waals surface area contributed by atoms with Crippen molar-refractivity contribution in [1.29, 1.82) is 0 Å². The van der Waals surface area contributed by atoms with Crippen LogP contribution in [-0.2, 0) is 4.79 Å². The monoisotopic (exact) mass is 328 g/mol. The van der Waals surface area contributed by atoms with E-state index in [1.807, 2.05) is 0 Å². The van der Waals surface area contributed by atoms with Gasteiger partial charge >= 0.3 is 6.03 Å². The highest BCUT2D eigenvalue weighted by Crippen LogP contribution is 2.27.